The molecule has 0 aliphatic carbocycles. The zero-order chi connectivity index (χ0) is 16.7. The number of likely N-dealkylation sites (tertiary alicyclic amines) is 1. The number of nitrogens with two attached hydrogens (primary N) is 1. The van der Waals surface area contributed by atoms with E-state index in [9.17, 15) is 9.59 Å². The van der Waals surface area contributed by atoms with Gasteiger partial charge in [-0.1, -0.05) is 18.2 Å². The van der Waals surface area contributed by atoms with Crippen LogP contribution in [-0.2, 0) is 9.59 Å². The molecule has 2 amide bonds. The van der Waals surface area contributed by atoms with Crippen LogP contribution in [-0.4, -0.2) is 49.0 Å². The van der Waals surface area contributed by atoms with Gasteiger partial charge in [0.2, 0.25) is 11.8 Å². The van der Waals surface area contributed by atoms with Crippen molar-refractivity contribution in [2.45, 2.75) is 25.8 Å². The highest BCUT2D eigenvalue weighted by atomic mass is 35.5. The molecule has 0 unspecified atom stereocenters. The molecule has 1 aliphatic rings. The van der Waals surface area contributed by atoms with Crippen LogP contribution in [0.1, 0.15) is 19.8 Å². The summed E-state index contributed by atoms with van der Waals surface area (Å²) in [6, 6.07) is 9.42. The monoisotopic (exact) mass is 355 g/mol. The highest BCUT2D eigenvalue weighted by Gasteiger charge is 2.27. The lowest BCUT2D eigenvalue weighted by Gasteiger charge is -2.23. The lowest BCUT2D eigenvalue weighted by molar-refractivity contribution is -0.131. The quantitative estimate of drug-likeness (QED) is 0.777. The number of nitrogens with zero attached hydrogens (tertiary/aromatic N) is 1. The minimum atomic E-state index is -0.204. The Morgan fingerprint density at radius 3 is 2.62 bits per heavy atom. The molecule has 1 aromatic carbocycles. The molecule has 1 aromatic rings. The SMILES string of the molecule is CC(=O)N1C[C@@H](N)CC[C@@H](C(=O)NCCOc2ccccc2)C1.Cl. The van der Waals surface area contributed by atoms with Crippen LogP contribution in [0.3, 0.4) is 0 Å². The van der Waals surface area contributed by atoms with Gasteiger partial charge in [-0.3, -0.25) is 9.59 Å². The average Bonchev–Trinajstić information content (AvgIpc) is 2.74. The highest BCUT2D eigenvalue weighted by Crippen LogP contribution is 2.16. The first kappa shape index (κ1) is 20.3. The van der Waals surface area contributed by atoms with E-state index in [1.165, 1.54) is 6.92 Å². The summed E-state index contributed by atoms with van der Waals surface area (Å²) in [5.74, 6) is 0.503. The van der Waals surface area contributed by atoms with E-state index in [-0.39, 0.29) is 36.2 Å². The smallest absolute Gasteiger partial charge is 0.225 e. The lowest BCUT2D eigenvalue weighted by atomic mass is 10.0. The van der Waals surface area contributed by atoms with Gasteiger partial charge >= 0.3 is 0 Å². The summed E-state index contributed by atoms with van der Waals surface area (Å²) in [5.41, 5.74) is 5.97. The number of rotatable bonds is 5. The second kappa shape index (κ2) is 10.2. The first-order valence-corrected chi connectivity index (χ1v) is 8.03. The summed E-state index contributed by atoms with van der Waals surface area (Å²) in [6.07, 6.45) is 1.46. The topological polar surface area (TPSA) is 84.7 Å². The molecule has 24 heavy (non-hydrogen) atoms. The Bertz CT molecular complexity index is 527. The van der Waals surface area contributed by atoms with Crippen LogP contribution in [0.15, 0.2) is 30.3 Å². The lowest BCUT2D eigenvalue weighted by Crippen LogP contribution is -2.42. The summed E-state index contributed by atoms with van der Waals surface area (Å²) in [4.78, 5) is 25.6. The largest absolute Gasteiger partial charge is 0.492 e. The second-order valence-electron chi connectivity index (χ2n) is 5.91. The molecular formula is C17H26ClN3O3. The number of carbonyl (C=O) groups is 2. The highest BCUT2D eigenvalue weighted by molar-refractivity contribution is 5.85. The molecule has 0 saturated carbocycles. The summed E-state index contributed by atoms with van der Waals surface area (Å²) >= 11 is 0. The molecule has 2 atom stereocenters. The van der Waals surface area contributed by atoms with Gasteiger partial charge in [0.15, 0.2) is 0 Å². The standard InChI is InChI=1S/C17H25N3O3.ClH/c1-13(21)20-11-14(7-8-15(18)12-20)17(22)19-9-10-23-16-5-3-2-4-6-16;/h2-6,14-15H,7-12,18H2,1H3,(H,19,22);1H/t14-,15+;/m1./s1. The van der Waals surface area contributed by atoms with Crippen LogP contribution in [0.25, 0.3) is 0 Å². The summed E-state index contributed by atoms with van der Waals surface area (Å²) in [5, 5.41) is 2.88. The van der Waals surface area contributed by atoms with Gasteiger partial charge in [0, 0.05) is 26.1 Å². The van der Waals surface area contributed by atoms with Gasteiger partial charge < -0.3 is 20.7 Å². The molecule has 6 nitrogen and oxygen atoms in total. The number of hydrogen-bond donors (Lipinski definition) is 2. The Labute approximate surface area is 149 Å². The van der Waals surface area contributed by atoms with Crippen molar-refractivity contribution >= 4 is 24.2 Å². The van der Waals surface area contributed by atoms with Crippen molar-refractivity contribution in [2.24, 2.45) is 11.7 Å². The van der Waals surface area contributed by atoms with Crippen LogP contribution in [0, 0.1) is 5.92 Å². The normalized spacial score (nSPS) is 20.5. The maximum absolute atomic E-state index is 12.3. The van der Waals surface area contributed by atoms with E-state index >= 15 is 0 Å². The Hall–Kier alpha value is -1.79. The fourth-order valence-electron chi connectivity index (χ4n) is 2.70. The van der Waals surface area contributed by atoms with E-state index in [1.54, 1.807) is 4.90 Å². The molecule has 1 aliphatic heterocycles. The number of benzene rings is 1. The molecular weight excluding hydrogens is 330 g/mol. The fourth-order valence-corrected chi connectivity index (χ4v) is 2.70. The predicted molar refractivity (Wildman–Crippen MR) is 95.1 cm³/mol. The van der Waals surface area contributed by atoms with Crippen molar-refractivity contribution in [3.05, 3.63) is 30.3 Å². The van der Waals surface area contributed by atoms with Gasteiger partial charge in [-0.25, -0.2) is 0 Å². The van der Waals surface area contributed by atoms with Gasteiger partial charge in [-0.05, 0) is 25.0 Å². The van der Waals surface area contributed by atoms with Gasteiger partial charge in [-0.15, -0.1) is 12.4 Å². The molecule has 0 radical (unpaired) electrons. The van der Waals surface area contributed by atoms with E-state index in [2.05, 4.69) is 5.32 Å². The van der Waals surface area contributed by atoms with E-state index < -0.39 is 0 Å². The summed E-state index contributed by atoms with van der Waals surface area (Å²) < 4.78 is 5.55. The molecule has 2 rings (SSSR count). The number of amides is 2. The Kier molecular flexibility index (Phi) is 8.57. The molecule has 0 aromatic heterocycles. The van der Waals surface area contributed by atoms with Crippen molar-refractivity contribution in [3.8, 4) is 5.75 Å². The van der Waals surface area contributed by atoms with Crippen LogP contribution in [0.5, 0.6) is 5.75 Å². The van der Waals surface area contributed by atoms with Crippen LogP contribution in [0.4, 0.5) is 0 Å². The second-order valence-corrected chi connectivity index (χ2v) is 5.91. The number of para-hydroxylation sites is 1. The molecule has 1 fully saturated rings. The molecule has 134 valence electrons. The molecule has 3 N–H and O–H groups in total. The predicted octanol–water partition coefficient (Wildman–Crippen LogP) is 1.19. The Balaban J connectivity index is 0.00000288. The van der Waals surface area contributed by atoms with E-state index in [0.717, 1.165) is 12.2 Å². The summed E-state index contributed by atoms with van der Waals surface area (Å²) in [6.45, 7) is 3.33. The summed E-state index contributed by atoms with van der Waals surface area (Å²) in [7, 11) is 0. The van der Waals surface area contributed by atoms with Crippen molar-refractivity contribution < 1.29 is 14.3 Å². The van der Waals surface area contributed by atoms with Crippen molar-refractivity contribution in [2.75, 3.05) is 26.2 Å². The Morgan fingerprint density at radius 1 is 1.25 bits per heavy atom. The van der Waals surface area contributed by atoms with E-state index in [0.29, 0.717) is 32.7 Å². The Morgan fingerprint density at radius 2 is 1.96 bits per heavy atom. The van der Waals surface area contributed by atoms with Crippen molar-refractivity contribution in [1.29, 1.82) is 0 Å². The first-order chi connectivity index (χ1) is 11.1. The van der Waals surface area contributed by atoms with Crippen LogP contribution >= 0.6 is 12.4 Å². The number of ether oxygens (including phenoxy) is 1. The fraction of sp³-hybridized carbons (Fsp3) is 0.529. The van der Waals surface area contributed by atoms with Gasteiger partial charge in [0.05, 0.1) is 12.5 Å². The zero-order valence-corrected chi connectivity index (χ0v) is 14.8. The van der Waals surface area contributed by atoms with Crippen LogP contribution < -0.4 is 15.8 Å². The average molecular weight is 356 g/mol. The van der Waals surface area contributed by atoms with Crippen molar-refractivity contribution in [1.82, 2.24) is 10.2 Å². The molecule has 7 heteroatoms. The third-order valence-corrected chi connectivity index (χ3v) is 4.01. The molecule has 1 heterocycles. The van der Waals surface area contributed by atoms with Gasteiger partial charge in [-0.2, -0.15) is 0 Å². The number of halogens is 1. The number of nitrogens with one attached hydrogen (secondary N) is 1. The van der Waals surface area contributed by atoms with Gasteiger partial charge in [0.1, 0.15) is 12.4 Å². The first-order valence-electron chi connectivity index (χ1n) is 8.03. The minimum Gasteiger partial charge on any atom is -0.492 e. The van der Waals surface area contributed by atoms with E-state index in [1.807, 2.05) is 30.3 Å². The molecule has 0 bridgehead atoms. The van der Waals surface area contributed by atoms with Crippen LogP contribution in [0.2, 0.25) is 0 Å². The van der Waals surface area contributed by atoms with E-state index in [4.69, 9.17) is 10.5 Å². The maximum atomic E-state index is 12.3. The number of hydrogen-bond acceptors (Lipinski definition) is 4. The van der Waals surface area contributed by atoms with Gasteiger partial charge in [0.25, 0.3) is 0 Å². The van der Waals surface area contributed by atoms with Crippen molar-refractivity contribution in [3.63, 3.8) is 0 Å². The maximum Gasteiger partial charge on any atom is 0.225 e. The molecule has 1 saturated heterocycles. The molecule has 0 spiro atoms. The minimum absolute atomic E-state index is 0. The third-order valence-electron chi connectivity index (χ3n) is 4.01. The number of carbonyl (C=O) groups excluding carboxylic acids is 2. The third kappa shape index (κ3) is 6.37. The zero-order valence-electron chi connectivity index (χ0n) is 13.9.